The highest BCUT2D eigenvalue weighted by Crippen LogP contribution is 2.25. The minimum Gasteiger partial charge on any atom is -0.507 e. The van der Waals surface area contributed by atoms with Crippen LogP contribution in [0, 0.1) is 5.82 Å². The van der Waals surface area contributed by atoms with E-state index < -0.39 is 24.3 Å². The summed E-state index contributed by atoms with van der Waals surface area (Å²) in [5.74, 6) is -1.89. The van der Waals surface area contributed by atoms with Crippen molar-refractivity contribution in [2.45, 2.75) is 6.54 Å². The first-order valence-corrected chi connectivity index (χ1v) is 8.84. The van der Waals surface area contributed by atoms with Crippen LogP contribution in [0.3, 0.4) is 0 Å². The molecule has 0 saturated heterocycles. The second kappa shape index (κ2) is 8.60. The van der Waals surface area contributed by atoms with Crippen LogP contribution in [0.25, 0.3) is 10.8 Å². The molecule has 0 bridgehead atoms. The standard InChI is InChI=1S/C22H20FNO5/c1-24(12-14-7-8-20(28-2)18(23)9-14)21(26)13-29-22(27)17-10-15-5-3-4-6-16(15)11-19(17)25/h3-11,25H,12-13H2,1-2H3. The lowest BCUT2D eigenvalue weighted by Gasteiger charge is -2.17. The maximum atomic E-state index is 13.8. The summed E-state index contributed by atoms with van der Waals surface area (Å²) in [7, 11) is 2.89. The Bertz CT molecular complexity index is 1070. The number of carbonyl (C=O) groups excluding carboxylic acids is 2. The molecule has 0 atom stereocenters. The van der Waals surface area contributed by atoms with Gasteiger partial charge in [-0.1, -0.05) is 30.3 Å². The SMILES string of the molecule is COc1ccc(CN(C)C(=O)COC(=O)c2cc3ccccc3cc2O)cc1F. The van der Waals surface area contributed by atoms with E-state index in [9.17, 15) is 19.1 Å². The minimum atomic E-state index is -0.800. The van der Waals surface area contributed by atoms with Crippen molar-refractivity contribution in [1.29, 1.82) is 0 Å². The third-order valence-corrected chi connectivity index (χ3v) is 4.47. The van der Waals surface area contributed by atoms with Crippen LogP contribution in [-0.2, 0) is 16.1 Å². The molecule has 3 aromatic rings. The van der Waals surface area contributed by atoms with Crippen molar-refractivity contribution in [3.63, 3.8) is 0 Å². The molecule has 7 heteroatoms. The number of methoxy groups -OCH3 is 1. The molecule has 150 valence electrons. The predicted molar refractivity (Wildman–Crippen MR) is 105 cm³/mol. The predicted octanol–water partition coefficient (Wildman–Crippen LogP) is 3.51. The zero-order chi connectivity index (χ0) is 21.0. The van der Waals surface area contributed by atoms with E-state index in [1.807, 2.05) is 18.2 Å². The fraction of sp³-hybridized carbons (Fsp3) is 0.182. The van der Waals surface area contributed by atoms with Crippen LogP contribution in [-0.4, -0.2) is 42.6 Å². The van der Waals surface area contributed by atoms with Gasteiger partial charge in [-0.3, -0.25) is 4.79 Å². The molecule has 0 aliphatic rings. The van der Waals surface area contributed by atoms with Gasteiger partial charge in [0.1, 0.15) is 11.3 Å². The monoisotopic (exact) mass is 397 g/mol. The van der Waals surface area contributed by atoms with E-state index in [4.69, 9.17) is 9.47 Å². The number of carbonyl (C=O) groups is 2. The van der Waals surface area contributed by atoms with Crippen LogP contribution < -0.4 is 4.74 Å². The average Bonchev–Trinajstić information content (AvgIpc) is 2.71. The summed E-state index contributed by atoms with van der Waals surface area (Å²) in [6.45, 7) is -0.362. The number of amides is 1. The van der Waals surface area contributed by atoms with Gasteiger partial charge in [-0.25, -0.2) is 9.18 Å². The smallest absolute Gasteiger partial charge is 0.342 e. The maximum absolute atomic E-state index is 13.8. The highest BCUT2D eigenvalue weighted by molar-refractivity contribution is 5.99. The lowest BCUT2D eigenvalue weighted by molar-refractivity contribution is -0.133. The van der Waals surface area contributed by atoms with Crippen LogP contribution in [0.4, 0.5) is 4.39 Å². The Kier molecular flexibility index (Phi) is 5.97. The largest absolute Gasteiger partial charge is 0.507 e. The summed E-state index contributed by atoms with van der Waals surface area (Å²) < 4.78 is 23.7. The van der Waals surface area contributed by atoms with Gasteiger partial charge >= 0.3 is 5.97 Å². The van der Waals surface area contributed by atoms with Crippen molar-refractivity contribution in [1.82, 2.24) is 4.90 Å². The fourth-order valence-corrected chi connectivity index (χ4v) is 2.88. The van der Waals surface area contributed by atoms with Gasteiger partial charge in [-0.05, 0) is 40.6 Å². The topological polar surface area (TPSA) is 76.1 Å². The summed E-state index contributed by atoms with van der Waals surface area (Å²) in [4.78, 5) is 25.9. The van der Waals surface area contributed by atoms with E-state index in [2.05, 4.69) is 0 Å². The number of hydrogen-bond acceptors (Lipinski definition) is 5. The summed E-state index contributed by atoms with van der Waals surface area (Å²) in [6.07, 6.45) is 0. The third-order valence-electron chi connectivity index (χ3n) is 4.47. The van der Waals surface area contributed by atoms with E-state index in [0.29, 0.717) is 5.56 Å². The molecule has 3 rings (SSSR count). The van der Waals surface area contributed by atoms with Crippen molar-refractivity contribution in [2.24, 2.45) is 0 Å². The molecule has 6 nitrogen and oxygen atoms in total. The Morgan fingerprint density at radius 2 is 1.76 bits per heavy atom. The number of aromatic hydroxyl groups is 1. The Labute approximate surface area is 167 Å². The number of hydrogen-bond donors (Lipinski definition) is 1. The van der Waals surface area contributed by atoms with Crippen molar-refractivity contribution in [2.75, 3.05) is 20.8 Å². The molecule has 29 heavy (non-hydrogen) atoms. The molecule has 0 unspecified atom stereocenters. The first-order valence-electron chi connectivity index (χ1n) is 8.84. The van der Waals surface area contributed by atoms with E-state index in [-0.39, 0.29) is 23.6 Å². The Morgan fingerprint density at radius 1 is 1.07 bits per heavy atom. The second-order valence-corrected chi connectivity index (χ2v) is 6.51. The Morgan fingerprint density at radius 3 is 2.41 bits per heavy atom. The van der Waals surface area contributed by atoms with Gasteiger partial charge in [0.2, 0.25) is 0 Å². The van der Waals surface area contributed by atoms with Gasteiger partial charge in [0.05, 0.1) is 7.11 Å². The van der Waals surface area contributed by atoms with Crippen LogP contribution in [0.15, 0.2) is 54.6 Å². The fourth-order valence-electron chi connectivity index (χ4n) is 2.88. The molecule has 0 fully saturated rings. The highest BCUT2D eigenvalue weighted by Gasteiger charge is 2.17. The summed E-state index contributed by atoms with van der Waals surface area (Å²) in [6, 6.07) is 14.6. The number of phenolic OH excluding ortho intramolecular Hbond substituents is 1. The van der Waals surface area contributed by atoms with Crippen LogP contribution in [0.1, 0.15) is 15.9 Å². The van der Waals surface area contributed by atoms with Crippen molar-refractivity contribution >= 4 is 22.6 Å². The van der Waals surface area contributed by atoms with Crippen LogP contribution in [0.5, 0.6) is 11.5 Å². The zero-order valence-corrected chi connectivity index (χ0v) is 16.0. The normalized spacial score (nSPS) is 10.6. The van der Waals surface area contributed by atoms with Gasteiger partial charge in [-0.15, -0.1) is 0 Å². The lowest BCUT2D eigenvalue weighted by Crippen LogP contribution is -2.30. The summed E-state index contributed by atoms with van der Waals surface area (Å²) in [5.41, 5.74) is 0.550. The van der Waals surface area contributed by atoms with E-state index in [1.165, 1.54) is 43.3 Å². The van der Waals surface area contributed by atoms with E-state index >= 15 is 0 Å². The molecule has 0 aromatic heterocycles. The third kappa shape index (κ3) is 4.63. The minimum absolute atomic E-state index is 0.0172. The number of benzene rings is 3. The summed E-state index contributed by atoms with van der Waals surface area (Å²) >= 11 is 0. The van der Waals surface area contributed by atoms with E-state index in [0.717, 1.165) is 10.8 Å². The molecule has 3 aromatic carbocycles. The number of ether oxygens (including phenoxy) is 2. The Balaban J connectivity index is 1.61. The van der Waals surface area contributed by atoms with Gasteiger partial charge in [0.25, 0.3) is 5.91 Å². The lowest BCUT2D eigenvalue weighted by atomic mass is 10.1. The number of rotatable bonds is 6. The number of fused-ring (bicyclic) bond motifs is 1. The molecule has 0 saturated carbocycles. The molecule has 0 heterocycles. The van der Waals surface area contributed by atoms with Gasteiger partial charge in [0, 0.05) is 13.6 Å². The molecular formula is C22H20FNO5. The van der Waals surface area contributed by atoms with Crippen LogP contribution >= 0.6 is 0 Å². The quantitative estimate of drug-likeness (QED) is 0.644. The second-order valence-electron chi connectivity index (χ2n) is 6.51. The van der Waals surface area contributed by atoms with Crippen LogP contribution in [0.2, 0.25) is 0 Å². The number of nitrogens with zero attached hydrogens (tertiary/aromatic N) is 1. The molecular weight excluding hydrogens is 377 g/mol. The first kappa shape index (κ1) is 20.1. The van der Waals surface area contributed by atoms with Gasteiger partial charge in [-0.2, -0.15) is 0 Å². The number of likely N-dealkylation sites (N-methyl/N-ethyl adjacent to an activating group) is 1. The molecule has 0 aliphatic carbocycles. The number of halogens is 1. The Hall–Kier alpha value is -3.61. The molecule has 0 radical (unpaired) electrons. The van der Waals surface area contributed by atoms with Gasteiger partial charge < -0.3 is 19.5 Å². The number of phenols is 1. The van der Waals surface area contributed by atoms with E-state index in [1.54, 1.807) is 12.1 Å². The first-order chi connectivity index (χ1) is 13.9. The molecule has 1 N–H and O–H groups in total. The van der Waals surface area contributed by atoms with Gasteiger partial charge in [0.15, 0.2) is 18.2 Å². The molecule has 0 spiro atoms. The maximum Gasteiger partial charge on any atom is 0.342 e. The summed E-state index contributed by atoms with van der Waals surface area (Å²) in [5, 5.41) is 11.6. The molecule has 1 amide bonds. The molecule has 0 aliphatic heterocycles. The number of esters is 1. The highest BCUT2D eigenvalue weighted by atomic mass is 19.1. The van der Waals surface area contributed by atoms with Crippen molar-refractivity contribution in [3.8, 4) is 11.5 Å². The average molecular weight is 397 g/mol. The van der Waals surface area contributed by atoms with Crippen molar-refractivity contribution < 1.29 is 28.6 Å². The van der Waals surface area contributed by atoms with Crippen molar-refractivity contribution in [3.05, 3.63) is 71.5 Å². The zero-order valence-electron chi connectivity index (χ0n) is 16.0.